The third-order valence-corrected chi connectivity index (χ3v) is 4.70. The van der Waals surface area contributed by atoms with E-state index in [-0.39, 0.29) is 23.5 Å². The highest BCUT2D eigenvalue weighted by Gasteiger charge is 2.49. The molecule has 0 aromatic carbocycles. The highest BCUT2D eigenvalue weighted by molar-refractivity contribution is 5.82. The van der Waals surface area contributed by atoms with Crippen LogP contribution in [-0.4, -0.2) is 36.0 Å². The number of Topliss-reactive ketones (excluding diaryl/α,β-unsaturated/α-hetero) is 1. The third-order valence-electron chi connectivity index (χ3n) is 4.70. The van der Waals surface area contributed by atoms with E-state index in [9.17, 15) is 9.59 Å². The maximum Gasteiger partial charge on any atom is 0.410 e. The molecule has 0 unspecified atom stereocenters. The van der Waals surface area contributed by atoms with Crippen molar-refractivity contribution in [2.45, 2.75) is 59.4 Å². The van der Waals surface area contributed by atoms with Gasteiger partial charge in [-0.2, -0.15) is 0 Å². The van der Waals surface area contributed by atoms with E-state index in [0.717, 1.165) is 25.7 Å². The van der Waals surface area contributed by atoms with Gasteiger partial charge in [0.15, 0.2) is 0 Å². The summed E-state index contributed by atoms with van der Waals surface area (Å²) in [5.41, 5.74) is -0.0340. The second-order valence-electron chi connectivity index (χ2n) is 7.12. The van der Waals surface area contributed by atoms with E-state index in [1.165, 1.54) is 0 Å². The summed E-state index contributed by atoms with van der Waals surface area (Å²) >= 11 is 0. The van der Waals surface area contributed by atoms with Gasteiger partial charge in [0, 0.05) is 24.9 Å². The van der Waals surface area contributed by atoms with Gasteiger partial charge in [0.25, 0.3) is 0 Å². The maximum absolute atomic E-state index is 12.2. The van der Waals surface area contributed by atoms with E-state index in [4.69, 9.17) is 4.74 Å². The fourth-order valence-corrected chi connectivity index (χ4v) is 4.06. The summed E-state index contributed by atoms with van der Waals surface area (Å²) in [6.07, 6.45) is 3.31. The first kappa shape index (κ1) is 15.3. The number of hydrogen-bond donors (Lipinski definition) is 0. The van der Waals surface area contributed by atoms with Gasteiger partial charge in [-0.05, 0) is 37.5 Å². The molecule has 114 valence electrons. The van der Waals surface area contributed by atoms with Crippen molar-refractivity contribution in [1.82, 2.24) is 4.90 Å². The molecule has 1 saturated heterocycles. The maximum atomic E-state index is 12.2. The number of amides is 1. The number of hydrogen-bond acceptors (Lipinski definition) is 3. The number of likely N-dealkylation sites (tertiary alicyclic amines) is 1. The molecule has 4 heteroatoms. The number of carbonyl (C=O) groups excluding carboxylic acids is 2. The van der Waals surface area contributed by atoms with Crippen LogP contribution in [0.15, 0.2) is 0 Å². The summed E-state index contributed by atoms with van der Waals surface area (Å²) in [6, 6.07) is 0.101. The monoisotopic (exact) mass is 281 g/mol. The van der Waals surface area contributed by atoms with E-state index in [2.05, 4.69) is 20.8 Å². The molecule has 2 rings (SSSR count). The molecule has 0 bridgehead atoms. The van der Waals surface area contributed by atoms with E-state index >= 15 is 0 Å². The fourth-order valence-electron chi connectivity index (χ4n) is 4.06. The molecular weight excluding hydrogens is 254 g/mol. The topological polar surface area (TPSA) is 46.6 Å². The van der Waals surface area contributed by atoms with Gasteiger partial charge < -0.3 is 9.64 Å². The molecule has 0 aromatic heterocycles. The number of nitrogens with zero attached hydrogens (tertiary/aromatic N) is 1. The van der Waals surface area contributed by atoms with Crippen molar-refractivity contribution in [3.8, 4) is 0 Å². The molecule has 1 amide bonds. The Morgan fingerprint density at radius 1 is 1.35 bits per heavy atom. The summed E-state index contributed by atoms with van der Waals surface area (Å²) in [7, 11) is 0. The highest BCUT2D eigenvalue weighted by atomic mass is 16.6. The van der Waals surface area contributed by atoms with Gasteiger partial charge >= 0.3 is 6.09 Å². The zero-order chi connectivity index (χ0) is 14.9. The molecule has 0 spiro atoms. The molecular formula is C16H27NO3. The smallest absolute Gasteiger partial charge is 0.410 e. The van der Waals surface area contributed by atoms with E-state index in [0.29, 0.717) is 24.9 Å². The zero-order valence-corrected chi connectivity index (χ0v) is 13.1. The standard InChI is InChI=1S/C16H27NO3/c1-5-20-15(19)17-10-9-11-12(7-6-8-13(11)18)14(17)16(2,3)4/h11-12,14H,5-10H2,1-4H3/t11-,12+,14-/m0/s1. The first-order valence-electron chi connectivity index (χ1n) is 7.82. The summed E-state index contributed by atoms with van der Waals surface area (Å²) in [6.45, 7) is 9.36. The summed E-state index contributed by atoms with van der Waals surface area (Å²) in [4.78, 5) is 26.3. The minimum Gasteiger partial charge on any atom is -0.450 e. The highest BCUT2D eigenvalue weighted by Crippen LogP contribution is 2.44. The molecule has 0 radical (unpaired) electrons. The van der Waals surface area contributed by atoms with Gasteiger partial charge in [0.05, 0.1) is 6.61 Å². The van der Waals surface area contributed by atoms with Crippen molar-refractivity contribution in [2.24, 2.45) is 17.3 Å². The molecule has 1 saturated carbocycles. The van der Waals surface area contributed by atoms with Crippen LogP contribution in [0.4, 0.5) is 4.79 Å². The molecule has 2 aliphatic rings. The van der Waals surface area contributed by atoms with Crippen LogP contribution >= 0.6 is 0 Å². The Labute approximate surface area is 121 Å². The van der Waals surface area contributed by atoms with Crippen molar-refractivity contribution in [1.29, 1.82) is 0 Å². The zero-order valence-electron chi connectivity index (χ0n) is 13.1. The van der Waals surface area contributed by atoms with Crippen LogP contribution in [0, 0.1) is 17.3 Å². The minimum absolute atomic E-state index is 0.0340. The van der Waals surface area contributed by atoms with E-state index in [1.54, 1.807) is 0 Å². The van der Waals surface area contributed by atoms with Gasteiger partial charge in [-0.25, -0.2) is 4.79 Å². The number of fused-ring (bicyclic) bond motifs is 1. The average molecular weight is 281 g/mol. The molecule has 1 aliphatic heterocycles. The lowest BCUT2D eigenvalue weighted by Gasteiger charge is -2.51. The fraction of sp³-hybridized carbons (Fsp3) is 0.875. The largest absolute Gasteiger partial charge is 0.450 e. The second-order valence-corrected chi connectivity index (χ2v) is 7.12. The Hall–Kier alpha value is -1.06. The Morgan fingerprint density at radius 2 is 2.05 bits per heavy atom. The van der Waals surface area contributed by atoms with Crippen LogP contribution in [0.25, 0.3) is 0 Å². The van der Waals surface area contributed by atoms with E-state index in [1.807, 2.05) is 11.8 Å². The van der Waals surface area contributed by atoms with Crippen molar-refractivity contribution in [3.63, 3.8) is 0 Å². The van der Waals surface area contributed by atoms with Gasteiger partial charge in [0.1, 0.15) is 5.78 Å². The first-order valence-corrected chi connectivity index (χ1v) is 7.82. The molecule has 1 aliphatic carbocycles. The van der Waals surface area contributed by atoms with Crippen LogP contribution in [0.3, 0.4) is 0 Å². The summed E-state index contributed by atoms with van der Waals surface area (Å²) in [5, 5.41) is 0. The van der Waals surface area contributed by atoms with Crippen molar-refractivity contribution >= 4 is 11.9 Å². The van der Waals surface area contributed by atoms with Crippen LogP contribution in [-0.2, 0) is 9.53 Å². The molecule has 0 aromatic rings. The molecule has 0 N–H and O–H groups in total. The number of carbonyl (C=O) groups is 2. The predicted molar refractivity (Wildman–Crippen MR) is 77.4 cm³/mol. The van der Waals surface area contributed by atoms with Crippen LogP contribution in [0.1, 0.15) is 53.4 Å². The van der Waals surface area contributed by atoms with Gasteiger partial charge in [-0.15, -0.1) is 0 Å². The predicted octanol–water partition coefficient (Wildman–Crippen LogP) is 3.25. The van der Waals surface area contributed by atoms with E-state index < -0.39 is 0 Å². The van der Waals surface area contributed by atoms with Gasteiger partial charge in [-0.3, -0.25) is 4.79 Å². The molecule has 3 atom stereocenters. The SMILES string of the molecule is CCOC(=O)N1CC[C@@H]2C(=O)CCC[C@H]2[C@H]1C(C)(C)C. The number of rotatable bonds is 1. The Morgan fingerprint density at radius 3 is 2.65 bits per heavy atom. The normalized spacial score (nSPS) is 30.9. The van der Waals surface area contributed by atoms with Crippen molar-refractivity contribution in [2.75, 3.05) is 13.2 Å². The van der Waals surface area contributed by atoms with Gasteiger partial charge in [-0.1, -0.05) is 20.8 Å². The number of ether oxygens (including phenoxy) is 1. The molecule has 2 fully saturated rings. The first-order chi connectivity index (χ1) is 9.36. The third kappa shape index (κ3) is 2.84. The lowest BCUT2D eigenvalue weighted by molar-refractivity contribution is -0.132. The average Bonchev–Trinajstić information content (AvgIpc) is 2.37. The number of ketones is 1. The van der Waals surface area contributed by atoms with Crippen molar-refractivity contribution in [3.05, 3.63) is 0 Å². The van der Waals surface area contributed by atoms with Gasteiger partial charge in [0.2, 0.25) is 0 Å². The molecule has 4 nitrogen and oxygen atoms in total. The molecule has 20 heavy (non-hydrogen) atoms. The lowest BCUT2D eigenvalue weighted by atomic mass is 9.64. The van der Waals surface area contributed by atoms with Crippen LogP contribution < -0.4 is 0 Å². The second kappa shape index (κ2) is 5.74. The molecule has 1 heterocycles. The quantitative estimate of drug-likeness (QED) is 0.741. The Bertz CT molecular complexity index is 386. The lowest BCUT2D eigenvalue weighted by Crippen LogP contribution is -2.59. The minimum atomic E-state index is -0.219. The number of piperidine rings is 1. The van der Waals surface area contributed by atoms with Crippen LogP contribution in [0.2, 0.25) is 0 Å². The van der Waals surface area contributed by atoms with Crippen LogP contribution in [0.5, 0.6) is 0 Å². The summed E-state index contributed by atoms with van der Waals surface area (Å²) < 4.78 is 5.22. The Kier molecular flexibility index (Phi) is 4.40. The summed E-state index contributed by atoms with van der Waals surface area (Å²) in [5.74, 6) is 0.854. The van der Waals surface area contributed by atoms with Crippen molar-refractivity contribution < 1.29 is 14.3 Å². The Balaban J connectivity index is 2.27.